The van der Waals surface area contributed by atoms with E-state index < -0.39 is 5.66 Å². The smallest absolute Gasteiger partial charge is 0.257 e. The number of nitrogens with zero attached hydrogens (tertiary/aromatic N) is 4. The van der Waals surface area contributed by atoms with E-state index in [4.69, 9.17) is 11.6 Å². The molecule has 1 unspecified atom stereocenters. The highest BCUT2D eigenvalue weighted by Gasteiger charge is 2.55. The third kappa shape index (κ3) is 2.87. The van der Waals surface area contributed by atoms with Gasteiger partial charge in [0.1, 0.15) is 5.66 Å². The van der Waals surface area contributed by atoms with Gasteiger partial charge in [-0.1, -0.05) is 29.8 Å². The van der Waals surface area contributed by atoms with Crippen LogP contribution in [-0.2, 0) is 23.3 Å². The molecule has 5 rings (SSSR count). The molecule has 0 spiro atoms. The van der Waals surface area contributed by atoms with E-state index in [1.54, 1.807) is 47.8 Å². The fraction of sp³-hybridized carbons (Fsp3) is 0.217. The van der Waals surface area contributed by atoms with E-state index in [0.29, 0.717) is 35.8 Å². The first kappa shape index (κ1) is 18.8. The molecule has 0 bridgehead atoms. The van der Waals surface area contributed by atoms with E-state index in [2.05, 4.69) is 9.97 Å². The van der Waals surface area contributed by atoms with Crippen LogP contribution in [0.4, 0.5) is 0 Å². The average Bonchev–Trinajstić information content (AvgIpc) is 3.16. The van der Waals surface area contributed by atoms with E-state index in [1.165, 1.54) is 0 Å². The molecule has 1 aromatic carbocycles. The first-order valence-corrected chi connectivity index (χ1v) is 10.2. The molecule has 6 nitrogen and oxygen atoms in total. The molecule has 2 aliphatic heterocycles. The lowest BCUT2D eigenvalue weighted by Crippen LogP contribution is -2.58. The van der Waals surface area contributed by atoms with Crippen LogP contribution in [0.2, 0.25) is 5.02 Å². The van der Waals surface area contributed by atoms with Crippen molar-refractivity contribution in [3.63, 3.8) is 0 Å². The largest absolute Gasteiger partial charge is 0.313 e. The summed E-state index contributed by atoms with van der Waals surface area (Å²) in [7, 11) is 0. The maximum Gasteiger partial charge on any atom is 0.257 e. The molecule has 2 aliphatic rings. The minimum atomic E-state index is -0.914. The number of aromatic nitrogens is 2. The lowest BCUT2D eigenvalue weighted by molar-refractivity contribution is -0.138. The van der Waals surface area contributed by atoms with Crippen molar-refractivity contribution in [1.82, 2.24) is 19.8 Å². The minimum Gasteiger partial charge on any atom is -0.313 e. The first-order chi connectivity index (χ1) is 14.6. The van der Waals surface area contributed by atoms with Crippen molar-refractivity contribution in [3.8, 4) is 0 Å². The van der Waals surface area contributed by atoms with Crippen molar-refractivity contribution >= 4 is 23.4 Å². The average molecular weight is 419 g/mol. The molecule has 4 heterocycles. The Hall–Kier alpha value is -3.25. The quantitative estimate of drug-likeness (QED) is 0.655. The van der Waals surface area contributed by atoms with Gasteiger partial charge in [0.25, 0.3) is 5.91 Å². The van der Waals surface area contributed by atoms with E-state index in [9.17, 15) is 9.59 Å². The van der Waals surface area contributed by atoms with Gasteiger partial charge in [-0.25, -0.2) is 0 Å². The first-order valence-electron chi connectivity index (χ1n) is 9.81. The molecule has 3 aromatic rings. The zero-order chi connectivity index (χ0) is 20.7. The molecule has 1 atom stereocenters. The highest BCUT2D eigenvalue weighted by atomic mass is 35.5. The predicted molar refractivity (Wildman–Crippen MR) is 112 cm³/mol. The summed E-state index contributed by atoms with van der Waals surface area (Å²) in [4.78, 5) is 39.0. The van der Waals surface area contributed by atoms with Gasteiger partial charge in [-0.3, -0.25) is 19.6 Å². The highest BCUT2D eigenvalue weighted by Crippen LogP contribution is 2.44. The van der Waals surface area contributed by atoms with Crippen LogP contribution in [0.3, 0.4) is 0 Å². The molecule has 150 valence electrons. The summed E-state index contributed by atoms with van der Waals surface area (Å²) in [6, 6.07) is 14.7. The Labute approximate surface area is 179 Å². The van der Waals surface area contributed by atoms with E-state index in [-0.39, 0.29) is 18.2 Å². The van der Waals surface area contributed by atoms with Crippen molar-refractivity contribution in [3.05, 3.63) is 94.5 Å². The van der Waals surface area contributed by atoms with Crippen LogP contribution in [-0.4, -0.2) is 44.7 Å². The third-order valence-corrected chi connectivity index (χ3v) is 6.16. The molecular formula is C23H19ClN4O2. The molecule has 1 fully saturated rings. The molecule has 0 saturated carbocycles. The maximum absolute atomic E-state index is 13.4. The number of benzene rings is 1. The molecule has 30 heavy (non-hydrogen) atoms. The highest BCUT2D eigenvalue weighted by molar-refractivity contribution is 6.30. The summed E-state index contributed by atoms with van der Waals surface area (Å²) in [5, 5.41) is 0.605. The summed E-state index contributed by atoms with van der Waals surface area (Å²) in [5.41, 5.74) is 2.09. The number of hydrogen-bond acceptors (Lipinski definition) is 4. The Morgan fingerprint density at radius 2 is 1.87 bits per heavy atom. The fourth-order valence-electron chi connectivity index (χ4n) is 4.56. The van der Waals surface area contributed by atoms with E-state index in [0.717, 1.165) is 11.1 Å². The number of carbonyl (C=O) groups excluding carboxylic acids is 2. The van der Waals surface area contributed by atoms with E-state index in [1.807, 2.05) is 29.2 Å². The SMILES string of the molecule is O=C(Cc1cccnc1)N1CCN2C(=O)c3cccnc3CC12c1ccc(Cl)cc1. The lowest BCUT2D eigenvalue weighted by atomic mass is 9.86. The van der Waals surface area contributed by atoms with Crippen molar-refractivity contribution in [1.29, 1.82) is 0 Å². The molecule has 2 amide bonds. The molecule has 0 N–H and O–H groups in total. The molecule has 2 aromatic heterocycles. The van der Waals surface area contributed by atoms with Gasteiger partial charge < -0.3 is 9.80 Å². The zero-order valence-electron chi connectivity index (χ0n) is 16.2. The van der Waals surface area contributed by atoms with Gasteiger partial charge >= 0.3 is 0 Å². The Morgan fingerprint density at radius 1 is 1.07 bits per heavy atom. The predicted octanol–water partition coefficient (Wildman–Crippen LogP) is 3.07. The van der Waals surface area contributed by atoms with Gasteiger partial charge in [-0.2, -0.15) is 0 Å². The number of pyridine rings is 2. The third-order valence-electron chi connectivity index (χ3n) is 5.91. The summed E-state index contributed by atoms with van der Waals surface area (Å²) in [6.07, 6.45) is 5.73. The van der Waals surface area contributed by atoms with Crippen molar-refractivity contribution in [2.75, 3.05) is 13.1 Å². The Balaban J connectivity index is 1.62. The van der Waals surface area contributed by atoms with E-state index >= 15 is 0 Å². The lowest BCUT2D eigenvalue weighted by Gasteiger charge is -2.47. The summed E-state index contributed by atoms with van der Waals surface area (Å²) >= 11 is 6.13. The Morgan fingerprint density at radius 3 is 2.63 bits per heavy atom. The van der Waals surface area contributed by atoms with Gasteiger partial charge in [0.05, 0.1) is 17.7 Å². The Bertz CT molecular complexity index is 1120. The number of hydrogen-bond donors (Lipinski definition) is 0. The number of halogens is 1. The molecule has 0 radical (unpaired) electrons. The second-order valence-corrected chi connectivity index (χ2v) is 7.97. The second-order valence-electron chi connectivity index (χ2n) is 7.54. The summed E-state index contributed by atoms with van der Waals surface area (Å²) < 4.78 is 0. The second kappa shape index (κ2) is 7.22. The summed E-state index contributed by atoms with van der Waals surface area (Å²) in [5.74, 6) is -0.149. The normalized spacial score (nSPS) is 20.1. The topological polar surface area (TPSA) is 66.4 Å². The van der Waals surface area contributed by atoms with Crippen molar-refractivity contribution < 1.29 is 9.59 Å². The van der Waals surface area contributed by atoms with Crippen LogP contribution in [0.5, 0.6) is 0 Å². The number of rotatable bonds is 3. The van der Waals surface area contributed by atoms with Crippen molar-refractivity contribution in [2.24, 2.45) is 0 Å². The van der Waals surface area contributed by atoms with Gasteiger partial charge in [-0.15, -0.1) is 0 Å². The summed E-state index contributed by atoms with van der Waals surface area (Å²) in [6.45, 7) is 0.927. The molecule has 0 aliphatic carbocycles. The van der Waals surface area contributed by atoms with Crippen LogP contribution in [0.25, 0.3) is 0 Å². The molecule has 7 heteroatoms. The standard InChI is InChI=1S/C23H19ClN4O2/c24-18-7-5-17(6-8-18)23-14-20-19(4-2-10-26-20)22(30)28(23)12-11-27(23)21(29)13-16-3-1-9-25-15-16/h1-10,15H,11-14H2. The van der Waals surface area contributed by atoms with Crippen LogP contribution in [0.1, 0.15) is 27.2 Å². The number of carbonyl (C=O) groups is 2. The van der Waals surface area contributed by atoms with Crippen molar-refractivity contribution in [2.45, 2.75) is 18.5 Å². The number of amides is 2. The fourth-order valence-corrected chi connectivity index (χ4v) is 4.69. The molecule has 1 saturated heterocycles. The maximum atomic E-state index is 13.4. The van der Waals surface area contributed by atoms with Crippen LogP contribution in [0, 0.1) is 0 Å². The van der Waals surface area contributed by atoms with Crippen LogP contribution >= 0.6 is 11.6 Å². The van der Waals surface area contributed by atoms with Gasteiger partial charge in [0.15, 0.2) is 0 Å². The monoisotopic (exact) mass is 418 g/mol. The van der Waals surface area contributed by atoms with Crippen LogP contribution < -0.4 is 0 Å². The minimum absolute atomic E-state index is 0.0485. The Kier molecular flexibility index (Phi) is 4.51. The number of fused-ring (bicyclic) bond motifs is 2. The molecular weight excluding hydrogens is 400 g/mol. The van der Waals surface area contributed by atoms with Crippen LogP contribution in [0.15, 0.2) is 67.1 Å². The van der Waals surface area contributed by atoms with Gasteiger partial charge in [0.2, 0.25) is 5.91 Å². The van der Waals surface area contributed by atoms with Gasteiger partial charge in [-0.05, 0) is 41.5 Å². The zero-order valence-corrected chi connectivity index (χ0v) is 16.9. The van der Waals surface area contributed by atoms with Gasteiger partial charge in [0, 0.05) is 43.1 Å².